The van der Waals surface area contributed by atoms with E-state index in [1.807, 2.05) is 48.5 Å². The van der Waals surface area contributed by atoms with Gasteiger partial charge in [-0.3, -0.25) is 4.98 Å². The van der Waals surface area contributed by atoms with Gasteiger partial charge in [0.15, 0.2) is 5.76 Å². The maximum Gasteiger partial charge on any atom is 0.153 e. The first-order valence-electron chi connectivity index (χ1n) is 7.52. The van der Waals surface area contributed by atoms with Crippen LogP contribution in [-0.2, 0) is 0 Å². The lowest BCUT2D eigenvalue weighted by atomic mass is 10.1. The number of hydrogen-bond donors (Lipinski definition) is 0. The van der Waals surface area contributed by atoms with Crippen LogP contribution in [0.3, 0.4) is 0 Å². The van der Waals surface area contributed by atoms with Gasteiger partial charge in [-0.15, -0.1) is 0 Å². The standard InChI is InChI=1S/C20H12N2O/c1-2-6-18-14(4-1)12-19(23-18)17-10-8-13-7-9-16-15(20(13)22-17)5-3-11-21-16/h1-12H. The van der Waals surface area contributed by atoms with Crippen LogP contribution in [0, 0.1) is 0 Å². The van der Waals surface area contributed by atoms with Crippen molar-refractivity contribution in [3.05, 3.63) is 72.9 Å². The molecule has 3 heteroatoms. The molecule has 0 aliphatic carbocycles. The smallest absolute Gasteiger partial charge is 0.153 e. The highest BCUT2D eigenvalue weighted by molar-refractivity contribution is 6.04. The SMILES string of the molecule is c1ccc2oc(-c3ccc4ccc5ncccc5c4n3)cc2c1. The number of para-hydroxylation sites is 1. The van der Waals surface area contributed by atoms with Crippen LogP contribution in [0.2, 0.25) is 0 Å². The third kappa shape index (κ3) is 1.90. The van der Waals surface area contributed by atoms with Gasteiger partial charge in [-0.25, -0.2) is 4.98 Å². The Kier molecular flexibility index (Phi) is 2.50. The summed E-state index contributed by atoms with van der Waals surface area (Å²) in [5.74, 6) is 0.786. The Morgan fingerprint density at radius 1 is 0.783 bits per heavy atom. The Morgan fingerprint density at radius 2 is 1.70 bits per heavy atom. The second kappa shape index (κ2) is 4.65. The number of rotatable bonds is 1. The van der Waals surface area contributed by atoms with E-state index in [0.29, 0.717) is 0 Å². The second-order valence-corrected chi connectivity index (χ2v) is 5.55. The van der Waals surface area contributed by atoms with Gasteiger partial charge < -0.3 is 4.42 Å². The van der Waals surface area contributed by atoms with Gasteiger partial charge in [0.2, 0.25) is 0 Å². The fraction of sp³-hybridized carbons (Fsp3) is 0. The summed E-state index contributed by atoms with van der Waals surface area (Å²) in [6.07, 6.45) is 1.80. The molecule has 3 nitrogen and oxygen atoms in total. The zero-order chi connectivity index (χ0) is 15.2. The first kappa shape index (κ1) is 12.4. The molecule has 0 unspecified atom stereocenters. The van der Waals surface area contributed by atoms with E-state index >= 15 is 0 Å². The summed E-state index contributed by atoms with van der Waals surface area (Å²) in [4.78, 5) is 9.24. The highest BCUT2D eigenvalue weighted by Gasteiger charge is 2.09. The molecule has 5 aromatic rings. The molecule has 0 saturated heterocycles. The Bertz CT molecular complexity index is 1140. The number of hydrogen-bond acceptors (Lipinski definition) is 3. The third-order valence-corrected chi connectivity index (χ3v) is 4.12. The molecule has 5 rings (SSSR count). The van der Waals surface area contributed by atoms with Crippen molar-refractivity contribution in [1.82, 2.24) is 9.97 Å². The normalized spacial score (nSPS) is 11.5. The summed E-state index contributed by atoms with van der Waals surface area (Å²) >= 11 is 0. The molecule has 0 spiro atoms. The zero-order valence-electron chi connectivity index (χ0n) is 12.2. The molecule has 0 bridgehead atoms. The monoisotopic (exact) mass is 296 g/mol. The summed E-state index contributed by atoms with van der Waals surface area (Å²) in [5, 5.41) is 3.25. The largest absolute Gasteiger partial charge is 0.454 e. The van der Waals surface area contributed by atoms with Crippen molar-refractivity contribution < 1.29 is 4.42 Å². The first-order valence-corrected chi connectivity index (χ1v) is 7.52. The van der Waals surface area contributed by atoms with Gasteiger partial charge in [-0.05, 0) is 36.4 Å². The Hall–Kier alpha value is -3.20. The van der Waals surface area contributed by atoms with Gasteiger partial charge in [0.1, 0.15) is 11.3 Å². The molecular weight excluding hydrogens is 284 g/mol. The van der Waals surface area contributed by atoms with Crippen molar-refractivity contribution in [1.29, 1.82) is 0 Å². The van der Waals surface area contributed by atoms with E-state index in [0.717, 1.165) is 44.2 Å². The molecular formula is C20H12N2O. The molecule has 3 heterocycles. The molecule has 0 radical (unpaired) electrons. The average Bonchev–Trinajstić information content (AvgIpc) is 3.05. The summed E-state index contributed by atoms with van der Waals surface area (Å²) in [6, 6.07) is 22.2. The lowest BCUT2D eigenvalue weighted by molar-refractivity contribution is 0.629. The van der Waals surface area contributed by atoms with Crippen molar-refractivity contribution in [3.8, 4) is 11.5 Å². The second-order valence-electron chi connectivity index (χ2n) is 5.55. The van der Waals surface area contributed by atoms with E-state index in [1.165, 1.54) is 0 Å². The molecule has 0 saturated carbocycles. The zero-order valence-corrected chi connectivity index (χ0v) is 12.2. The van der Waals surface area contributed by atoms with E-state index in [2.05, 4.69) is 23.2 Å². The van der Waals surface area contributed by atoms with Gasteiger partial charge in [0.25, 0.3) is 0 Å². The van der Waals surface area contributed by atoms with Crippen molar-refractivity contribution in [2.45, 2.75) is 0 Å². The van der Waals surface area contributed by atoms with Crippen LogP contribution in [0.5, 0.6) is 0 Å². The van der Waals surface area contributed by atoms with Crippen molar-refractivity contribution >= 4 is 32.8 Å². The van der Waals surface area contributed by atoms with Crippen LogP contribution in [0.1, 0.15) is 0 Å². The molecule has 108 valence electrons. The molecule has 0 amide bonds. The van der Waals surface area contributed by atoms with Crippen LogP contribution >= 0.6 is 0 Å². The van der Waals surface area contributed by atoms with E-state index in [9.17, 15) is 0 Å². The number of furan rings is 1. The highest BCUT2D eigenvalue weighted by Crippen LogP contribution is 2.29. The summed E-state index contributed by atoms with van der Waals surface area (Å²) in [7, 11) is 0. The number of pyridine rings is 2. The molecule has 3 aromatic heterocycles. The molecule has 0 fully saturated rings. The van der Waals surface area contributed by atoms with Gasteiger partial charge >= 0.3 is 0 Å². The molecule has 2 aromatic carbocycles. The number of fused-ring (bicyclic) bond motifs is 4. The Morgan fingerprint density at radius 3 is 2.65 bits per heavy atom. The van der Waals surface area contributed by atoms with Crippen LogP contribution < -0.4 is 0 Å². The van der Waals surface area contributed by atoms with Crippen molar-refractivity contribution in [2.24, 2.45) is 0 Å². The van der Waals surface area contributed by atoms with Crippen LogP contribution in [0.4, 0.5) is 0 Å². The minimum absolute atomic E-state index is 0.786. The fourth-order valence-electron chi connectivity index (χ4n) is 2.98. The lowest BCUT2D eigenvalue weighted by Crippen LogP contribution is -1.86. The van der Waals surface area contributed by atoms with Gasteiger partial charge in [0.05, 0.1) is 11.0 Å². The Labute approximate surface area is 132 Å². The predicted molar refractivity (Wildman–Crippen MR) is 92.3 cm³/mol. The summed E-state index contributed by atoms with van der Waals surface area (Å²) in [6.45, 7) is 0. The van der Waals surface area contributed by atoms with E-state index < -0.39 is 0 Å². The van der Waals surface area contributed by atoms with Crippen LogP contribution in [0.15, 0.2) is 77.3 Å². The Balaban J connectivity index is 1.80. The molecule has 0 atom stereocenters. The van der Waals surface area contributed by atoms with Gasteiger partial charge in [-0.2, -0.15) is 0 Å². The molecule has 0 aliphatic heterocycles. The molecule has 0 aliphatic rings. The van der Waals surface area contributed by atoms with E-state index in [-0.39, 0.29) is 0 Å². The lowest BCUT2D eigenvalue weighted by Gasteiger charge is -2.04. The van der Waals surface area contributed by atoms with Crippen molar-refractivity contribution in [3.63, 3.8) is 0 Å². The average molecular weight is 296 g/mol. The van der Waals surface area contributed by atoms with Crippen LogP contribution in [-0.4, -0.2) is 9.97 Å². The third-order valence-electron chi connectivity index (χ3n) is 4.12. The van der Waals surface area contributed by atoms with Crippen LogP contribution in [0.25, 0.3) is 44.2 Å². The minimum Gasteiger partial charge on any atom is -0.454 e. The molecule has 0 N–H and O–H groups in total. The summed E-state index contributed by atoms with van der Waals surface area (Å²) in [5.41, 5.74) is 3.62. The predicted octanol–water partition coefficient (Wildman–Crippen LogP) is 5.20. The summed E-state index contributed by atoms with van der Waals surface area (Å²) < 4.78 is 5.94. The quantitative estimate of drug-likeness (QED) is 0.399. The van der Waals surface area contributed by atoms with E-state index in [1.54, 1.807) is 6.20 Å². The maximum absolute atomic E-state index is 5.94. The highest BCUT2D eigenvalue weighted by atomic mass is 16.3. The molecule has 23 heavy (non-hydrogen) atoms. The number of aromatic nitrogens is 2. The minimum atomic E-state index is 0.786. The van der Waals surface area contributed by atoms with E-state index in [4.69, 9.17) is 9.40 Å². The van der Waals surface area contributed by atoms with Gasteiger partial charge in [-0.1, -0.05) is 30.3 Å². The van der Waals surface area contributed by atoms with Gasteiger partial charge in [0, 0.05) is 22.4 Å². The number of benzene rings is 2. The number of nitrogens with zero attached hydrogens (tertiary/aromatic N) is 2. The van der Waals surface area contributed by atoms with Crippen molar-refractivity contribution in [2.75, 3.05) is 0 Å². The first-order chi connectivity index (χ1) is 11.4. The topological polar surface area (TPSA) is 38.9 Å². The fourth-order valence-corrected chi connectivity index (χ4v) is 2.98. The maximum atomic E-state index is 5.94.